The van der Waals surface area contributed by atoms with E-state index in [0.717, 1.165) is 12.1 Å². The van der Waals surface area contributed by atoms with Crippen molar-refractivity contribution in [2.24, 2.45) is 5.92 Å². The molecule has 3 atom stereocenters. The summed E-state index contributed by atoms with van der Waals surface area (Å²) in [5.74, 6) is 0.333. The molecule has 130 valence electrons. The summed E-state index contributed by atoms with van der Waals surface area (Å²) in [5, 5.41) is 7.02. The minimum absolute atomic E-state index is 0.102. The molecule has 1 N–H and O–H groups in total. The van der Waals surface area contributed by atoms with E-state index in [0.29, 0.717) is 37.6 Å². The molecule has 3 saturated heterocycles. The summed E-state index contributed by atoms with van der Waals surface area (Å²) in [6.45, 7) is 7.40. The molecule has 24 heavy (non-hydrogen) atoms. The Morgan fingerprint density at radius 2 is 2.33 bits per heavy atom. The first kappa shape index (κ1) is 15.6. The van der Waals surface area contributed by atoms with Crippen LogP contribution in [0.5, 0.6) is 0 Å². The Hall–Kier alpha value is -1.89. The normalized spacial score (nSPS) is 31.9. The van der Waals surface area contributed by atoms with Crippen LogP contribution in [0.15, 0.2) is 6.07 Å². The van der Waals surface area contributed by atoms with Gasteiger partial charge in [-0.1, -0.05) is 20.8 Å². The van der Waals surface area contributed by atoms with Crippen LogP contribution in [0, 0.1) is 5.92 Å². The molecule has 7 heteroatoms. The number of aryl methyl sites for hydroxylation is 1. The molecule has 0 saturated carbocycles. The van der Waals surface area contributed by atoms with Crippen molar-refractivity contribution >= 4 is 11.8 Å². The summed E-state index contributed by atoms with van der Waals surface area (Å²) in [7, 11) is 0. The van der Waals surface area contributed by atoms with Crippen molar-refractivity contribution in [3.8, 4) is 0 Å². The van der Waals surface area contributed by atoms with Gasteiger partial charge in [0.25, 0.3) is 5.91 Å². The molecular weight excluding hydrogens is 308 g/mol. The SMILES string of the molecule is CCc1cc(C(=O)N2CC[C@@]34OC[C@@H](C(C)C)N3C(=O)C[C@@H]24)n[nH]1. The lowest BCUT2D eigenvalue weighted by Crippen LogP contribution is -2.51. The number of carbonyl (C=O) groups is 2. The molecule has 3 aliphatic heterocycles. The Balaban J connectivity index is 1.62. The standard InChI is InChI=1S/C17H24N4O3/c1-4-11-7-12(19-18-11)16(23)20-6-5-17-14(20)8-15(22)21(17)13(9-24-17)10(2)3/h7,10,13-14H,4-6,8-9H2,1-3H3,(H,18,19)/t13-,14+,17-/m0/s1. The average Bonchev–Trinajstić information content (AvgIpc) is 3.28. The lowest BCUT2D eigenvalue weighted by atomic mass is 10.0. The number of aromatic amines is 1. The number of amides is 2. The molecule has 0 aliphatic carbocycles. The number of nitrogens with zero attached hydrogens (tertiary/aromatic N) is 3. The van der Waals surface area contributed by atoms with Crippen LogP contribution in [0.2, 0.25) is 0 Å². The van der Waals surface area contributed by atoms with E-state index in [1.54, 1.807) is 11.0 Å². The first-order valence-corrected chi connectivity index (χ1v) is 8.79. The van der Waals surface area contributed by atoms with E-state index >= 15 is 0 Å². The van der Waals surface area contributed by atoms with Crippen molar-refractivity contribution in [3.05, 3.63) is 17.5 Å². The van der Waals surface area contributed by atoms with Crippen LogP contribution in [0.25, 0.3) is 0 Å². The van der Waals surface area contributed by atoms with Gasteiger partial charge in [0.15, 0.2) is 5.72 Å². The molecular formula is C17H24N4O3. The third kappa shape index (κ3) is 1.97. The summed E-state index contributed by atoms with van der Waals surface area (Å²) < 4.78 is 6.16. The second-order valence-corrected chi connectivity index (χ2v) is 7.33. The fourth-order valence-corrected chi connectivity index (χ4v) is 4.41. The summed E-state index contributed by atoms with van der Waals surface area (Å²) in [4.78, 5) is 29.2. The van der Waals surface area contributed by atoms with Crippen molar-refractivity contribution in [1.29, 1.82) is 0 Å². The van der Waals surface area contributed by atoms with Crippen LogP contribution in [-0.2, 0) is 16.0 Å². The van der Waals surface area contributed by atoms with Crippen molar-refractivity contribution in [1.82, 2.24) is 20.0 Å². The third-order valence-electron chi connectivity index (χ3n) is 5.75. The molecule has 7 nitrogen and oxygen atoms in total. The number of H-pyrrole nitrogens is 1. The number of hydrogen-bond acceptors (Lipinski definition) is 4. The van der Waals surface area contributed by atoms with Crippen LogP contribution in [0.3, 0.4) is 0 Å². The predicted molar refractivity (Wildman–Crippen MR) is 86.2 cm³/mol. The van der Waals surface area contributed by atoms with Crippen LogP contribution in [0.1, 0.15) is 49.8 Å². The highest BCUT2D eigenvalue weighted by atomic mass is 16.5. The largest absolute Gasteiger partial charge is 0.351 e. The fourth-order valence-electron chi connectivity index (χ4n) is 4.41. The lowest BCUT2D eigenvalue weighted by molar-refractivity contribution is -0.139. The second-order valence-electron chi connectivity index (χ2n) is 7.33. The van der Waals surface area contributed by atoms with E-state index in [-0.39, 0.29) is 23.9 Å². The molecule has 1 aromatic rings. The van der Waals surface area contributed by atoms with Crippen molar-refractivity contribution in [3.63, 3.8) is 0 Å². The number of ether oxygens (including phenoxy) is 1. The minimum atomic E-state index is -0.619. The van der Waals surface area contributed by atoms with Crippen LogP contribution in [0.4, 0.5) is 0 Å². The van der Waals surface area contributed by atoms with Gasteiger partial charge in [-0.15, -0.1) is 0 Å². The number of rotatable bonds is 3. The van der Waals surface area contributed by atoms with E-state index in [2.05, 4.69) is 24.0 Å². The van der Waals surface area contributed by atoms with E-state index < -0.39 is 5.72 Å². The highest BCUT2D eigenvalue weighted by Crippen LogP contribution is 2.49. The monoisotopic (exact) mass is 332 g/mol. The molecule has 3 fully saturated rings. The number of carbonyl (C=O) groups excluding carboxylic acids is 2. The fraction of sp³-hybridized carbons (Fsp3) is 0.706. The Bertz CT molecular complexity index is 685. The van der Waals surface area contributed by atoms with Gasteiger partial charge in [-0.05, 0) is 18.4 Å². The summed E-state index contributed by atoms with van der Waals surface area (Å²) in [6.07, 6.45) is 1.84. The smallest absolute Gasteiger partial charge is 0.274 e. The zero-order valence-corrected chi connectivity index (χ0v) is 14.4. The summed E-state index contributed by atoms with van der Waals surface area (Å²) >= 11 is 0. The predicted octanol–water partition coefficient (Wildman–Crippen LogP) is 1.17. The number of nitrogens with one attached hydrogen (secondary N) is 1. The first-order chi connectivity index (χ1) is 11.5. The van der Waals surface area contributed by atoms with Crippen molar-refractivity contribution in [2.45, 2.75) is 57.8 Å². The minimum Gasteiger partial charge on any atom is -0.351 e. The van der Waals surface area contributed by atoms with E-state index in [1.807, 2.05) is 11.8 Å². The first-order valence-electron chi connectivity index (χ1n) is 8.79. The maximum atomic E-state index is 12.9. The molecule has 0 bridgehead atoms. The molecule has 1 spiro atoms. The maximum Gasteiger partial charge on any atom is 0.274 e. The molecule has 3 aliphatic rings. The van der Waals surface area contributed by atoms with Gasteiger partial charge in [0.05, 0.1) is 25.1 Å². The van der Waals surface area contributed by atoms with Gasteiger partial charge < -0.3 is 14.5 Å². The lowest BCUT2D eigenvalue weighted by Gasteiger charge is -2.34. The molecule has 0 unspecified atom stereocenters. The number of hydrogen-bond donors (Lipinski definition) is 1. The van der Waals surface area contributed by atoms with E-state index in [1.165, 1.54) is 0 Å². The van der Waals surface area contributed by atoms with E-state index in [4.69, 9.17) is 4.74 Å². The van der Waals surface area contributed by atoms with Gasteiger partial charge >= 0.3 is 0 Å². The molecule has 0 aromatic carbocycles. The molecule has 0 radical (unpaired) electrons. The Labute approximate surface area is 141 Å². The van der Waals surface area contributed by atoms with Gasteiger partial charge in [0.2, 0.25) is 5.91 Å². The van der Waals surface area contributed by atoms with Gasteiger partial charge in [-0.25, -0.2) is 0 Å². The average molecular weight is 332 g/mol. The molecule has 4 rings (SSSR count). The van der Waals surface area contributed by atoms with E-state index in [9.17, 15) is 9.59 Å². The maximum absolute atomic E-state index is 12.9. The third-order valence-corrected chi connectivity index (χ3v) is 5.75. The zero-order chi connectivity index (χ0) is 17.1. The Morgan fingerprint density at radius 1 is 1.54 bits per heavy atom. The Kier molecular flexibility index (Phi) is 3.46. The van der Waals surface area contributed by atoms with Crippen LogP contribution in [-0.4, -0.2) is 62.8 Å². The number of likely N-dealkylation sites (tertiary alicyclic amines) is 1. The molecule has 1 aromatic heterocycles. The van der Waals surface area contributed by atoms with Gasteiger partial charge in [0, 0.05) is 18.7 Å². The quantitative estimate of drug-likeness (QED) is 0.901. The topological polar surface area (TPSA) is 78.5 Å². The zero-order valence-electron chi connectivity index (χ0n) is 14.4. The Morgan fingerprint density at radius 3 is 3.00 bits per heavy atom. The molecule has 4 heterocycles. The summed E-state index contributed by atoms with van der Waals surface area (Å²) in [5.41, 5.74) is 0.743. The van der Waals surface area contributed by atoms with Gasteiger partial charge in [-0.3, -0.25) is 14.7 Å². The number of aromatic nitrogens is 2. The van der Waals surface area contributed by atoms with Crippen LogP contribution >= 0.6 is 0 Å². The van der Waals surface area contributed by atoms with Crippen molar-refractivity contribution in [2.75, 3.05) is 13.2 Å². The second kappa shape index (κ2) is 5.31. The highest BCUT2D eigenvalue weighted by molar-refractivity contribution is 5.94. The van der Waals surface area contributed by atoms with Crippen LogP contribution < -0.4 is 0 Å². The van der Waals surface area contributed by atoms with Gasteiger partial charge in [0.1, 0.15) is 5.69 Å². The van der Waals surface area contributed by atoms with Crippen molar-refractivity contribution < 1.29 is 14.3 Å². The van der Waals surface area contributed by atoms with Gasteiger partial charge in [-0.2, -0.15) is 5.10 Å². The molecule has 2 amide bonds. The highest BCUT2D eigenvalue weighted by Gasteiger charge is 2.65. The summed E-state index contributed by atoms with van der Waals surface area (Å²) in [6, 6.07) is 1.70.